The summed E-state index contributed by atoms with van der Waals surface area (Å²) >= 11 is 0. The van der Waals surface area contributed by atoms with Crippen LogP contribution >= 0.6 is 0 Å². The maximum atomic E-state index is 12.3. The molecule has 1 N–H and O–H groups in total. The Morgan fingerprint density at radius 2 is 1.90 bits per heavy atom. The molecule has 21 heavy (non-hydrogen) atoms. The fourth-order valence-electron chi connectivity index (χ4n) is 2.59. The van der Waals surface area contributed by atoms with Crippen LogP contribution in [0, 0.1) is 6.92 Å². The number of sulfonamides is 2. The zero-order chi connectivity index (χ0) is 15.7. The minimum Gasteiger partial charge on any atom is -0.212 e. The third kappa shape index (κ3) is 3.82. The predicted molar refractivity (Wildman–Crippen MR) is 80.9 cm³/mol. The molecule has 1 aliphatic heterocycles. The second kappa shape index (κ2) is 6.04. The maximum absolute atomic E-state index is 12.3. The van der Waals surface area contributed by atoms with E-state index in [1.807, 2.05) is 0 Å². The van der Waals surface area contributed by atoms with Crippen molar-refractivity contribution >= 4 is 20.0 Å². The van der Waals surface area contributed by atoms with Gasteiger partial charge in [-0.3, -0.25) is 0 Å². The van der Waals surface area contributed by atoms with Crippen LogP contribution in [0.3, 0.4) is 0 Å². The first-order chi connectivity index (χ1) is 9.72. The highest BCUT2D eigenvalue weighted by molar-refractivity contribution is 7.89. The summed E-state index contributed by atoms with van der Waals surface area (Å²) in [6, 6.07) is 6.41. The summed E-state index contributed by atoms with van der Waals surface area (Å²) in [5.74, 6) is 0. The highest BCUT2D eigenvalue weighted by atomic mass is 32.2. The molecule has 1 aromatic carbocycles. The topological polar surface area (TPSA) is 83.6 Å². The molecule has 1 saturated heterocycles. The van der Waals surface area contributed by atoms with E-state index in [0.29, 0.717) is 18.5 Å². The largest absolute Gasteiger partial charge is 0.240 e. The van der Waals surface area contributed by atoms with Crippen LogP contribution in [0.1, 0.15) is 18.4 Å². The van der Waals surface area contributed by atoms with E-state index in [2.05, 4.69) is 4.72 Å². The molecule has 0 aliphatic carbocycles. The average molecular weight is 332 g/mol. The third-order valence-corrected chi connectivity index (χ3v) is 6.56. The number of nitrogens with zero attached hydrogens (tertiary/aromatic N) is 1. The standard InChI is InChI=1S/C13H20N2O4S2/c1-11-6-3-4-8-13(11)21(18,19)14-10-12-7-5-9-15(12)20(2,16)17/h3-4,6,8,12,14H,5,7,9-10H2,1-2H3. The van der Waals surface area contributed by atoms with Gasteiger partial charge in [-0.1, -0.05) is 18.2 Å². The molecule has 2 rings (SSSR count). The Morgan fingerprint density at radius 1 is 1.24 bits per heavy atom. The van der Waals surface area contributed by atoms with E-state index >= 15 is 0 Å². The van der Waals surface area contributed by atoms with Gasteiger partial charge in [-0.25, -0.2) is 21.6 Å². The SMILES string of the molecule is Cc1ccccc1S(=O)(=O)NCC1CCCN1S(C)(=O)=O. The van der Waals surface area contributed by atoms with Crippen molar-refractivity contribution in [1.82, 2.24) is 9.03 Å². The first-order valence-electron chi connectivity index (χ1n) is 6.74. The Morgan fingerprint density at radius 3 is 2.52 bits per heavy atom. The number of hydrogen-bond donors (Lipinski definition) is 1. The van der Waals surface area contributed by atoms with Crippen LogP contribution in [-0.4, -0.2) is 46.5 Å². The predicted octanol–water partition coefficient (Wildman–Crippen LogP) is 0.697. The number of aryl methyl sites for hydroxylation is 1. The number of rotatable bonds is 5. The van der Waals surface area contributed by atoms with E-state index in [1.54, 1.807) is 31.2 Å². The molecule has 1 unspecified atom stereocenters. The molecule has 8 heteroatoms. The van der Waals surface area contributed by atoms with Crippen LogP contribution in [0.5, 0.6) is 0 Å². The molecule has 1 aliphatic rings. The van der Waals surface area contributed by atoms with Gasteiger partial charge in [0.1, 0.15) is 0 Å². The monoisotopic (exact) mass is 332 g/mol. The van der Waals surface area contributed by atoms with Gasteiger partial charge in [0.25, 0.3) is 0 Å². The summed E-state index contributed by atoms with van der Waals surface area (Å²) < 4.78 is 51.8. The Kier molecular flexibility index (Phi) is 4.72. The van der Waals surface area contributed by atoms with Crippen LogP contribution in [-0.2, 0) is 20.0 Å². The van der Waals surface area contributed by atoms with Crippen molar-refractivity contribution in [3.8, 4) is 0 Å². The fourth-order valence-corrected chi connectivity index (χ4v) is 5.09. The highest BCUT2D eigenvalue weighted by Gasteiger charge is 2.32. The van der Waals surface area contributed by atoms with E-state index in [0.717, 1.165) is 12.7 Å². The summed E-state index contributed by atoms with van der Waals surface area (Å²) in [4.78, 5) is 0.230. The van der Waals surface area contributed by atoms with Crippen molar-refractivity contribution in [2.45, 2.75) is 30.7 Å². The summed E-state index contributed by atoms with van der Waals surface area (Å²) in [6.45, 7) is 2.28. The molecule has 6 nitrogen and oxygen atoms in total. The summed E-state index contributed by atoms with van der Waals surface area (Å²) in [5, 5.41) is 0. The van der Waals surface area contributed by atoms with Gasteiger partial charge in [0.05, 0.1) is 11.2 Å². The van der Waals surface area contributed by atoms with Gasteiger partial charge < -0.3 is 0 Å². The molecular formula is C13H20N2O4S2. The lowest BCUT2D eigenvalue weighted by Gasteiger charge is -2.22. The molecule has 0 spiro atoms. The lowest BCUT2D eigenvalue weighted by Crippen LogP contribution is -2.42. The molecular weight excluding hydrogens is 312 g/mol. The molecule has 1 atom stereocenters. The van der Waals surface area contributed by atoms with Crippen LogP contribution in [0.4, 0.5) is 0 Å². The molecule has 1 aromatic rings. The van der Waals surface area contributed by atoms with Crippen molar-refractivity contribution in [3.63, 3.8) is 0 Å². The van der Waals surface area contributed by atoms with Crippen molar-refractivity contribution < 1.29 is 16.8 Å². The Labute approximate surface area is 126 Å². The lowest BCUT2D eigenvalue weighted by atomic mass is 10.2. The molecule has 1 fully saturated rings. The van der Waals surface area contributed by atoms with Gasteiger partial charge in [0.2, 0.25) is 20.0 Å². The van der Waals surface area contributed by atoms with Gasteiger partial charge in [-0.2, -0.15) is 4.31 Å². The van der Waals surface area contributed by atoms with Gasteiger partial charge in [-0.15, -0.1) is 0 Å². The van der Waals surface area contributed by atoms with E-state index in [9.17, 15) is 16.8 Å². The maximum Gasteiger partial charge on any atom is 0.240 e. The van der Waals surface area contributed by atoms with Gasteiger partial charge in [0.15, 0.2) is 0 Å². The molecule has 118 valence electrons. The molecule has 0 saturated carbocycles. The Balaban J connectivity index is 2.11. The van der Waals surface area contributed by atoms with Crippen LogP contribution in [0.25, 0.3) is 0 Å². The zero-order valence-corrected chi connectivity index (χ0v) is 13.7. The van der Waals surface area contributed by atoms with Crippen molar-refractivity contribution in [3.05, 3.63) is 29.8 Å². The van der Waals surface area contributed by atoms with Crippen molar-refractivity contribution in [2.75, 3.05) is 19.3 Å². The molecule has 0 bridgehead atoms. The van der Waals surface area contributed by atoms with Crippen LogP contribution in [0.15, 0.2) is 29.2 Å². The van der Waals surface area contributed by atoms with Gasteiger partial charge in [-0.05, 0) is 31.4 Å². The molecule has 0 amide bonds. The zero-order valence-electron chi connectivity index (χ0n) is 12.1. The molecule has 1 heterocycles. The first-order valence-corrected chi connectivity index (χ1v) is 10.1. The van der Waals surface area contributed by atoms with E-state index < -0.39 is 20.0 Å². The minimum absolute atomic E-state index is 0.101. The summed E-state index contributed by atoms with van der Waals surface area (Å²) in [6.07, 6.45) is 2.58. The fraction of sp³-hybridized carbons (Fsp3) is 0.538. The smallest absolute Gasteiger partial charge is 0.212 e. The number of nitrogens with one attached hydrogen (secondary N) is 1. The van der Waals surface area contributed by atoms with Crippen LogP contribution < -0.4 is 4.72 Å². The lowest BCUT2D eigenvalue weighted by molar-refractivity contribution is 0.388. The van der Waals surface area contributed by atoms with Crippen molar-refractivity contribution in [1.29, 1.82) is 0 Å². The van der Waals surface area contributed by atoms with Gasteiger partial charge >= 0.3 is 0 Å². The number of benzene rings is 1. The van der Waals surface area contributed by atoms with Crippen LogP contribution in [0.2, 0.25) is 0 Å². The summed E-state index contributed by atoms with van der Waals surface area (Å²) in [5.41, 5.74) is 0.663. The summed E-state index contributed by atoms with van der Waals surface area (Å²) in [7, 11) is -6.91. The highest BCUT2D eigenvalue weighted by Crippen LogP contribution is 2.20. The number of hydrogen-bond acceptors (Lipinski definition) is 4. The molecule has 0 radical (unpaired) electrons. The average Bonchev–Trinajstić information content (AvgIpc) is 2.85. The van der Waals surface area contributed by atoms with E-state index in [1.165, 1.54) is 4.31 Å². The molecule has 0 aromatic heterocycles. The normalized spacial score (nSPS) is 20.8. The van der Waals surface area contributed by atoms with E-state index in [4.69, 9.17) is 0 Å². The quantitative estimate of drug-likeness (QED) is 0.860. The second-order valence-electron chi connectivity index (χ2n) is 5.29. The van der Waals surface area contributed by atoms with Crippen molar-refractivity contribution in [2.24, 2.45) is 0 Å². The Bertz CT molecular complexity index is 713. The third-order valence-electron chi connectivity index (χ3n) is 3.64. The first kappa shape index (κ1) is 16.4. The second-order valence-corrected chi connectivity index (χ2v) is 8.96. The minimum atomic E-state index is -3.62. The van der Waals surface area contributed by atoms with E-state index in [-0.39, 0.29) is 17.5 Å². The van der Waals surface area contributed by atoms with Gasteiger partial charge in [0, 0.05) is 19.1 Å². The Hall–Kier alpha value is -0.960.